The molecule has 10 heavy (non-hydrogen) atoms. The van der Waals surface area contributed by atoms with Gasteiger partial charge in [0.2, 0.25) is 0 Å². The summed E-state index contributed by atoms with van der Waals surface area (Å²) < 4.78 is 5.34. The SMILES string of the molecule is Cc1cnc(C2CNC2)o1. The average Bonchev–Trinajstić information content (AvgIpc) is 2.10. The van der Waals surface area contributed by atoms with Crippen molar-refractivity contribution in [1.82, 2.24) is 10.3 Å². The molecule has 2 heterocycles. The minimum absolute atomic E-state index is 0.522. The first-order valence-corrected chi connectivity index (χ1v) is 3.49. The summed E-state index contributed by atoms with van der Waals surface area (Å²) in [6.45, 7) is 3.95. The maximum Gasteiger partial charge on any atom is 0.200 e. The molecular weight excluding hydrogens is 128 g/mol. The molecule has 1 aliphatic rings. The molecule has 1 N–H and O–H groups in total. The predicted molar refractivity (Wildman–Crippen MR) is 36.9 cm³/mol. The van der Waals surface area contributed by atoms with Crippen molar-refractivity contribution < 1.29 is 4.42 Å². The fourth-order valence-electron chi connectivity index (χ4n) is 1.02. The van der Waals surface area contributed by atoms with Gasteiger partial charge in [-0.25, -0.2) is 4.98 Å². The molecule has 54 valence electrons. The zero-order chi connectivity index (χ0) is 6.97. The molecule has 1 aromatic heterocycles. The van der Waals surface area contributed by atoms with Gasteiger partial charge < -0.3 is 9.73 Å². The molecule has 0 aliphatic carbocycles. The van der Waals surface area contributed by atoms with E-state index in [9.17, 15) is 0 Å². The van der Waals surface area contributed by atoms with E-state index in [1.807, 2.05) is 6.92 Å². The predicted octanol–water partition coefficient (Wildman–Crippen LogP) is 0.670. The smallest absolute Gasteiger partial charge is 0.200 e. The van der Waals surface area contributed by atoms with Crippen LogP contribution in [0.25, 0.3) is 0 Å². The molecule has 3 nitrogen and oxygen atoms in total. The Hall–Kier alpha value is -0.830. The zero-order valence-electron chi connectivity index (χ0n) is 5.92. The molecule has 0 saturated carbocycles. The van der Waals surface area contributed by atoms with Gasteiger partial charge in [0, 0.05) is 13.1 Å². The summed E-state index contributed by atoms with van der Waals surface area (Å²) in [4.78, 5) is 4.13. The van der Waals surface area contributed by atoms with Crippen molar-refractivity contribution in [3.63, 3.8) is 0 Å². The van der Waals surface area contributed by atoms with E-state index in [1.165, 1.54) is 0 Å². The standard InChI is InChI=1S/C7H10N2O/c1-5-2-9-7(10-5)6-3-8-4-6/h2,6,8H,3-4H2,1H3. The van der Waals surface area contributed by atoms with Gasteiger partial charge in [-0.3, -0.25) is 0 Å². The fraction of sp³-hybridized carbons (Fsp3) is 0.571. The highest BCUT2D eigenvalue weighted by Gasteiger charge is 2.22. The van der Waals surface area contributed by atoms with Crippen molar-refractivity contribution >= 4 is 0 Å². The summed E-state index contributed by atoms with van der Waals surface area (Å²) in [5.74, 6) is 2.31. The second-order valence-corrected chi connectivity index (χ2v) is 2.66. The first kappa shape index (κ1) is 5.92. The first-order valence-electron chi connectivity index (χ1n) is 3.49. The molecule has 1 aromatic rings. The number of hydrogen-bond donors (Lipinski definition) is 1. The lowest BCUT2D eigenvalue weighted by Gasteiger charge is -2.23. The van der Waals surface area contributed by atoms with Crippen LogP contribution in [0, 0.1) is 6.92 Å². The van der Waals surface area contributed by atoms with Crippen molar-refractivity contribution in [3.8, 4) is 0 Å². The Kier molecular flexibility index (Phi) is 1.24. The Labute approximate surface area is 59.4 Å². The van der Waals surface area contributed by atoms with Gasteiger partial charge in [0.15, 0.2) is 5.89 Å². The Morgan fingerprint density at radius 1 is 1.70 bits per heavy atom. The Morgan fingerprint density at radius 3 is 2.90 bits per heavy atom. The van der Waals surface area contributed by atoms with Crippen LogP contribution in [0.5, 0.6) is 0 Å². The van der Waals surface area contributed by atoms with Crippen LogP contribution in [-0.4, -0.2) is 18.1 Å². The van der Waals surface area contributed by atoms with E-state index >= 15 is 0 Å². The summed E-state index contributed by atoms with van der Waals surface area (Å²) in [7, 11) is 0. The van der Waals surface area contributed by atoms with Gasteiger partial charge in [0.25, 0.3) is 0 Å². The second-order valence-electron chi connectivity index (χ2n) is 2.66. The number of aryl methyl sites for hydroxylation is 1. The van der Waals surface area contributed by atoms with Gasteiger partial charge in [-0.2, -0.15) is 0 Å². The third kappa shape index (κ3) is 0.827. The number of rotatable bonds is 1. The van der Waals surface area contributed by atoms with Gasteiger partial charge in [-0.15, -0.1) is 0 Å². The normalized spacial score (nSPS) is 18.9. The third-order valence-electron chi connectivity index (χ3n) is 1.77. The fourth-order valence-corrected chi connectivity index (χ4v) is 1.02. The van der Waals surface area contributed by atoms with E-state index in [0.717, 1.165) is 24.7 Å². The van der Waals surface area contributed by atoms with Gasteiger partial charge in [0.05, 0.1) is 12.1 Å². The number of nitrogens with zero attached hydrogens (tertiary/aromatic N) is 1. The minimum atomic E-state index is 0.522. The molecule has 3 heteroatoms. The second kappa shape index (κ2) is 2.09. The van der Waals surface area contributed by atoms with Crippen LogP contribution >= 0.6 is 0 Å². The topological polar surface area (TPSA) is 38.1 Å². The van der Waals surface area contributed by atoms with Crippen LogP contribution in [0.4, 0.5) is 0 Å². The number of nitrogens with one attached hydrogen (secondary N) is 1. The average molecular weight is 138 g/mol. The van der Waals surface area contributed by atoms with E-state index in [0.29, 0.717) is 5.92 Å². The molecule has 0 aromatic carbocycles. The minimum Gasteiger partial charge on any atom is -0.446 e. The van der Waals surface area contributed by atoms with Crippen LogP contribution in [0.1, 0.15) is 17.6 Å². The summed E-state index contributed by atoms with van der Waals surface area (Å²) >= 11 is 0. The van der Waals surface area contributed by atoms with E-state index < -0.39 is 0 Å². The van der Waals surface area contributed by atoms with Gasteiger partial charge in [-0.05, 0) is 6.92 Å². The van der Waals surface area contributed by atoms with Gasteiger partial charge in [0.1, 0.15) is 5.76 Å². The quantitative estimate of drug-likeness (QED) is 0.619. The lowest BCUT2D eigenvalue weighted by molar-refractivity contribution is 0.350. The van der Waals surface area contributed by atoms with Crippen molar-refractivity contribution in [2.24, 2.45) is 0 Å². The van der Waals surface area contributed by atoms with Crippen molar-refractivity contribution in [2.45, 2.75) is 12.8 Å². The molecule has 1 saturated heterocycles. The number of aromatic nitrogens is 1. The van der Waals surface area contributed by atoms with Crippen LogP contribution < -0.4 is 5.32 Å². The molecular formula is C7H10N2O. The lowest BCUT2D eigenvalue weighted by Crippen LogP contribution is -2.40. The molecule has 1 fully saturated rings. The Morgan fingerprint density at radius 2 is 2.50 bits per heavy atom. The largest absolute Gasteiger partial charge is 0.446 e. The molecule has 0 spiro atoms. The van der Waals surface area contributed by atoms with E-state index in [4.69, 9.17) is 4.42 Å². The van der Waals surface area contributed by atoms with Crippen molar-refractivity contribution in [2.75, 3.05) is 13.1 Å². The maximum atomic E-state index is 5.34. The molecule has 0 unspecified atom stereocenters. The number of oxazole rings is 1. The monoisotopic (exact) mass is 138 g/mol. The van der Waals surface area contributed by atoms with Crippen molar-refractivity contribution in [1.29, 1.82) is 0 Å². The van der Waals surface area contributed by atoms with Crippen LogP contribution in [0.2, 0.25) is 0 Å². The van der Waals surface area contributed by atoms with Crippen LogP contribution in [0.3, 0.4) is 0 Å². The van der Waals surface area contributed by atoms with Gasteiger partial charge in [-0.1, -0.05) is 0 Å². The highest BCUT2D eigenvalue weighted by molar-refractivity contribution is 5.02. The zero-order valence-corrected chi connectivity index (χ0v) is 5.92. The van der Waals surface area contributed by atoms with Crippen LogP contribution in [0.15, 0.2) is 10.6 Å². The summed E-state index contributed by atoms with van der Waals surface area (Å²) in [6.07, 6.45) is 1.77. The highest BCUT2D eigenvalue weighted by Crippen LogP contribution is 2.18. The molecule has 2 rings (SSSR count). The van der Waals surface area contributed by atoms with Gasteiger partial charge >= 0.3 is 0 Å². The van der Waals surface area contributed by atoms with E-state index in [1.54, 1.807) is 6.20 Å². The summed E-state index contributed by atoms with van der Waals surface area (Å²) in [6, 6.07) is 0. The van der Waals surface area contributed by atoms with E-state index in [-0.39, 0.29) is 0 Å². The summed E-state index contributed by atoms with van der Waals surface area (Å²) in [5.41, 5.74) is 0. The highest BCUT2D eigenvalue weighted by atomic mass is 16.4. The molecule has 0 atom stereocenters. The Bertz CT molecular complexity index is 227. The van der Waals surface area contributed by atoms with Crippen molar-refractivity contribution in [3.05, 3.63) is 17.8 Å². The summed E-state index contributed by atoms with van der Waals surface area (Å²) in [5, 5.41) is 3.17. The lowest BCUT2D eigenvalue weighted by atomic mass is 10.0. The maximum absolute atomic E-state index is 5.34. The number of hydrogen-bond acceptors (Lipinski definition) is 3. The molecule has 0 amide bonds. The molecule has 0 bridgehead atoms. The third-order valence-corrected chi connectivity index (χ3v) is 1.77. The first-order chi connectivity index (χ1) is 4.86. The molecule has 1 aliphatic heterocycles. The molecule has 0 radical (unpaired) electrons. The Balaban J connectivity index is 2.17. The van der Waals surface area contributed by atoms with Crippen LogP contribution in [-0.2, 0) is 0 Å². The van der Waals surface area contributed by atoms with E-state index in [2.05, 4.69) is 10.3 Å².